The molecule has 1 N–H and O–H groups in total. The number of hydrogen-bond donors (Lipinski definition) is 1. The molecule has 0 saturated heterocycles. The summed E-state index contributed by atoms with van der Waals surface area (Å²) < 4.78 is 5.32. The molecule has 0 bridgehead atoms. The standard InChI is InChI=1S/C13H20N2O/c1-9-5-4-6-11(9)15-13-12(16-3)8-7-10(2)14-13/h7-9,11H,4-6H2,1-3H3,(H,14,15). The zero-order valence-electron chi connectivity index (χ0n) is 10.3. The van der Waals surface area contributed by atoms with Crippen LogP contribution in [-0.4, -0.2) is 18.1 Å². The van der Waals surface area contributed by atoms with Crippen molar-refractivity contribution < 1.29 is 4.74 Å². The van der Waals surface area contributed by atoms with Gasteiger partial charge in [0.1, 0.15) is 0 Å². The second-order valence-electron chi connectivity index (χ2n) is 4.66. The molecule has 1 aliphatic carbocycles. The SMILES string of the molecule is COc1ccc(C)nc1NC1CCCC1C. The molecular formula is C13H20N2O. The smallest absolute Gasteiger partial charge is 0.169 e. The number of nitrogens with one attached hydrogen (secondary N) is 1. The van der Waals surface area contributed by atoms with Crippen LogP contribution in [0.25, 0.3) is 0 Å². The van der Waals surface area contributed by atoms with Crippen molar-refractivity contribution in [3.05, 3.63) is 17.8 Å². The Hall–Kier alpha value is -1.25. The van der Waals surface area contributed by atoms with Gasteiger partial charge in [-0.25, -0.2) is 4.98 Å². The quantitative estimate of drug-likeness (QED) is 0.850. The summed E-state index contributed by atoms with van der Waals surface area (Å²) in [5, 5.41) is 3.51. The highest BCUT2D eigenvalue weighted by molar-refractivity contribution is 5.51. The Kier molecular flexibility index (Phi) is 3.32. The van der Waals surface area contributed by atoms with Crippen molar-refractivity contribution in [2.45, 2.75) is 39.2 Å². The minimum absolute atomic E-state index is 0.545. The fourth-order valence-electron chi connectivity index (χ4n) is 2.35. The summed E-state index contributed by atoms with van der Waals surface area (Å²) in [6.07, 6.45) is 3.86. The molecule has 2 atom stereocenters. The van der Waals surface area contributed by atoms with Gasteiger partial charge in [-0.1, -0.05) is 13.3 Å². The first-order chi connectivity index (χ1) is 7.70. The van der Waals surface area contributed by atoms with E-state index in [0.717, 1.165) is 23.2 Å². The maximum Gasteiger partial charge on any atom is 0.169 e. The summed E-state index contributed by atoms with van der Waals surface area (Å²) in [5.74, 6) is 2.46. The van der Waals surface area contributed by atoms with Crippen molar-refractivity contribution in [2.75, 3.05) is 12.4 Å². The van der Waals surface area contributed by atoms with E-state index in [2.05, 4.69) is 17.2 Å². The predicted octanol–water partition coefficient (Wildman–Crippen LogP) is 3.00. The van der Waals surface area contributed by atoms with Gasteiger partial charge in [0, 0.05) is 11.7 Å². The number of hydrogen-bond acceptors (Lipinski definition) is 3. The average molecular weight is 220 g/mol. The molecule has 1 heterocycles. The van der Waals surface area contributed by atoms with Crippen LogP contribution in [0, 0.1) is 12.8 Å². The zero-order chi connectivity index (χ0) is 11.5. The number of rotatable bonds is 3. The number of aryl methyl sites for hydroxylation is 1. The minimum atomic E-state index is 0.545. The number of nitrogens with zero attached hydrogens (tertiary/aromatic N) is 1. The summed E-state index contributed by atoms with van der Waals surface area (Å²) >= 11 is 0. The molecule has 1 aromatic rings. The van der Waals surface area contributed by atoms with Crippen LogP contribution in [-0.2, 0) is 0 Å². The first-order valence-corrected chi connectivity index (χ1v) is 5.99. The van der Waals surface area contributed by atoms with Crippen molar-refractivity contribution in [3.8, 4) is 5.75 Å². The Morgan fingerprint density at radius 1 is 1.38 bits per heavy atom. The van der Waals surface area contributed by atoms with E-state index >= 15 is 0 Å². The molecule has 0 amide bonds. The third-order valence-corrected chi connectivity index (χ3v) is 3.40. The molecule has 16 heavy (non-hydrogen) atoms. The van der Waals surface area contributed by atoms with E-state index in [4.69, 9.17) is 4.74 Å². The molecule has 1 saturated carbocycles. The molecule has 1 fully saturated rings. The van der Waals surface area contributed by atoms with Crippen molar-refractivity contribution in [1.29, 1.82) is 0 Å². The molecule has 0 spiro atoms. The first-order valence-electron chi connectivity index (χ1n) is 5.99. The Morgan fingerprint density at radius 3 is 2.81 bits per heavy atom. The monoisotopic (exact) mass is 220 g/mol. The minimum Gasteiger partial charge on any atom is -0.493 e. The van der Waals surface area contributed by atoms with Gasteiger partial charge >= 0.3 is 0 Å². The molecule has 3 nitrogen and oxygen atoms in total. The topological polar surface area (TPSA) is 34.1 Å². The van der Waals surface area contributed by atoms with E-state index in [1.54, 1.807) is 7.11 Å². The van der Waals surface area contributed by atoms with Crippen LogP contribution in [0.15, 0.2) is 12.1 Å². The highest BCUT2D eigenvalue weighted by Crippen LogP contribution is 2.30. The summed E-state index contributed by atoms with van der Waals surface area (Å²) in [6, 6.07) is 4.50. The van der Waals surface area contributed by atoms with Gasteiger partial charge in [-0.2, -0.15) is 0 Å². The molecular weight excluding hydrogens is 200 g/mol. The Labute approximate surface area is 97.2 Å². The van der Waals surface area contributed by atoms with Crippen LogP contribution in [0.4, 0.5) is 5.82 Å². The molecule has 3 heteroatoms. The van der Waals surface area contributed by atoms with Crippen LogP contribution in [0.3, 0.4) is 0 Å². The molecule has 1 aromatic heterocycles. The lowest BCUT2D eigenvalue weighted by atomic mass is 10.1. The Morgan fingerprint density at radius 2 is 2.19 bits per heavy atom. The zero-order valence-corrected chi connectivity index (χ0v) is 10.3. The molecule has 0 aliphatic heterocycles. The van der Waals surface area contributed by atoms with Gasteiger partial charge in [0.25, 0.3) is 0 Å². The number of methoxy groups -OCH3 is 1. The van der Waals surface area contributed by atoms with E-state index in [0.29, 0.717) is 6.04 Å². The van der Waals surface area contributed by atoms with Crippen LogP contribution >= 0.6 is 0 Å². The van der Waals surface area contributed by atoms with Gasteiger partial charge < -0.3 is 10.1 Å². The van der Waals surface area contributed by atoms with Crippen molar-refractivity contribution >= 4 is 5.82 Å². The van der Waals surface area contributed by atoms with Crippen LogP contribution in [0.2, 0.25) is 0 Å². The Balaban J connectivity index is 2.16. The van der Waals surface area contributed by atoms with Crippen molar-refractivity contribution in [2.24, 2.45) is 5.92 Å². The van der Waals surface area contributed by atoms with Crippen molar-refractivity contribution in [3.63, 3.8) is 0 Å². The van der Waals surface area contributed by atoms with Gasteiger partial charge in [0.2, 0.25) is 0 Å². The fourth-order valence-corrected chi connectivity index (χ4v) is 2.35. The molecule has 2 unspecified atom stereocenters. The normalized spacial score (nSPS) is 24.4. The van der Waals surface area contributed by atoms with Gasteiger partial charge in [-0.15, -0.1) is 0 Å². The third kappa shape index (κ3) is 2.29. The third-order valence-electron chi connectivity index (χ3n) is 3.40. The largest absolute Gasteiger partial charge is 0.493 e. The van der Waals surface area contributed by atoms with E-state index < -0.39 is 0 Å². The fraction of sp³-hybridized carbons (Fsp3) is 0.615. The molecule has 88 valence electrons. The van der Waals surface area contributed by atoms with E-state index in [9.17, 15) is 0 Å². The maximum atomic E-state index is 5.32. The number of pyridine rings is 1. The number of ether oxygens (including phenoxy) is 1. The van der Waals surface area contributed by atoms with Gasteiger partial charge in [0.05, 0.1) is 7.11 Å². The van der Waals surface area contributed by atoms with Gasteiger partial charge in [0.15, 0.2) is 11.6 Å². The molecule has 0 aromatic carbocycles. The molecule has 0 radical (unpaired) electrons. The highest BCUT2D eigenvalue weighted by Gasteiger charge is 2.24. The van der Waals surface area contributed by atoms with E-state index in [1.807, 2.05) is 19.1 Å². The summed E-state index contributed by atoms with van der Waals surface area (Å²) in [4.78, 5) is 4.51. The Bertz CT molecular complexity index is 365. The summed E-state index contributed by atoms with van der Waals surface area (Å²) in [7, 11) is 1.69. The van der Waals surface area contributed by atoms with E-state index in [-0.39, 0.29) is 0 Å². The number of aromatic nitrogens is 1. The average Bonchev–Trinajstić information content (AvgIpc) is 2.65. The van der Waals surface area contributed by atoms with Crippen LogP contribution < -0.4 is 10.1 Å². The van der Waals surface area contributed by atoms with Crippen molar-refractivity contribution in [1.82, 2.24) is 4.98 Å². The highest BCUT2D eigenvalue weighted by atomic mass is 16.5. The predicted molar refractivity (Wildman–Crippen MR) is 66.0 cm³/mol. The second kappa shape index (κ2) is 4.73. The maximum absolute atomic E-state index is 5.32. The van der Waals surface area contributed by atoms with Crippen LogP contribution in [0.5, 0.6) is 5.75 Å². The van der Waals surface area contributed by atoms with E-state index in [1.165, 1.54) is 19.3 Å². The molecule has 1 aliphatic rings. The lowest BCUT2D eigenvalue weighted by molar-refractivity contribution is 0.413. The summed E-state index contributed by atoms with van der Waals surface area (Å²) in [5.41, 5.74) is 1.02. The van der Waals surface area contributed by atoms with Gasteiger partial charge in [-0.3, -0.25) is 0 Å². The molecule has 2 rings (SSSR count). The number of anilines is 1. The lowest BCUT2D eigenvalue weighted by Crippen LogP contribution is -2.22. The first kappa shape index (κ1) is 11.2. The lowest BCUT2D eigenvalue weighted by Gasteiger charge is -2.19. The van der Waals surface area contributed by atoms with Gasteiger partial charge in [-0.05, 0) is 37.8 Å². The summed E-state index contributed by atoms with van der Waals surface area (Å²) in [6.45, 7) is 4.30. The second-order valence-corrected chi connectivity index (χ2v) is 4.66. The van der Waals surface area contributed by atoms with Crippen LogP contribution in [0.1, 0.15) is 31.9 Å².